The Morgan fingerprint density at radius 1 is 1.37 bits per heavy atom. The highest BCUT2D eigenvalue weighted by Gasteiger charge is 2.25. The van der Waals surface area contributed by atoms with E-state index in [4.69, 9.17) is 16.3 Å². The maximum Gasteiger partial charge on any atom is 0.0834 e. The molecule has 1 rings (SSSR count). The first-order valence-electron chi connectivity index (χ1n) is 7.12. The van der Waals surface area contributed by atoms with Gasteiger partial charge in [-0.25, -0.2) is 0 Å². The van der Waals surface area contributed by atoms with Gasteiger partial charge in [-0.05, 0) is 12.5 Å². The Bertz CT molecular complexity index is 364. The van der Waals surface area contributed by atoms with Crippen LogP contribution in [0.1, 0.15) is 45.3 Å². The number of aromatic nitrogens is 2. The first-order valence-corrected chi connectivity index (χ1v) is 7.50. The van der Waals surface area contributed by atoms with Crippen LogP contribution >= 0.6 is 11.6 Å². The summed E-state index contributed by atoms with van der Waals surface area (Å²) in [5.74, 6) is 0.565. The van der Waals surface area contributed by atoms with E-state index in [2.05, 4.69) is 31.2 Å². The second-order valence-electron chi connectivity index (χ2n) is 4.71. The Labute approximate surface area is 121 Å². The number of hydrogen-bond donors (Lipinski definition) is 1. The van der Waals surface area contributed by atoms with Gasteiger partial charge < -0.3 is 10.1 Å². The van der Waals surface area contributed by atoms with E-state index in [-0.39, 0.29) is 6.04 Å². The molecule has 0 aliphatic carbocycles. The molecule has 0 aliphatic rings. The summed E-state index contributed by atoms with van der Waals surface area (Å²) in [5.41, 5.74) is 1.09. The standard InChI is InChI=1S/C14H26ClN3O/c1-5-11(6-2)13(16-7-3)14-12(15)10-17-18(14)8-9-19-4/h10-11,13,16H,5-9H2,1-4H3. The van der Waals surface area contributed by atoms with Crippen LogP contribution in [0.4, 0.5) is 0 Å². The summed E-state index contributed by atoms with van der Waals surface area (Å²) in [7, 11) is 1.70. The van der Waals surface area contributed by atoms with Gasteiger partial charge in [-0.3, -0.25) is 4.68 Å². The maximum atomic E-state index is 6.35. The molecular formula is C14H26ClN3O. The molecule has 1 unspecified atom stereocenters. The molecule has 0 aromatic carbocycles. The van der Waals surface area contributed by atoms with E-state index in [1.165, 1.54) is 0 Å². The molecule has 1 aromatic heterocycles. The first-order chi connectivity index (χ1) is 9.19. The number of nitrogens with one attached hydrogen (secondary N) is 1. The van der Waals surface area contributed by atoms with Crippen molar-refractivity contribution in [2.24, 2.45) is 5.92 Å². The van der Waals surface area contributed by atoms with Gasteiger partial charge in [-0.15, -0.1) is 0 Å². The molecule has 1 heterocycles. The van der Waals surface area contributed by atoms with E-state index < -0.39 is 0 Å². The Morgan fingerprint density at radius 2 is 2.05 bits per heavy atom. The van der Waals surface area contributed by atoms with Gasteiger partial charge in [-0.2, -0.15) is 5.10 Å². The summed E-state index contributed by atoms with van der Waals surface area (Å²) in [5, 5.41) is 8.68. The predicted octanol–water partition coefficient (Wildman–Crippen LogP) is 3.27. The van der Waals surface area contributed by atoms with Gasteiger partial charge in [0.05, 0.1) is 36.1 Å². The number of methoxy groups -OCH3 is 1. The molecule has 0 saturated carbocycles. The molecule has 110 valence electrons. The van der Waals surface area contributed by atoms with Crippen LogP contribution in [0.3, 0.4) is 0 Å². The van der Waals surface area contributed by atoms with E-state index in [0.717, 1.165) is 36.6 Å². The second-order valence-corrected chi connectivity index (χ2v) is 5.11. The lowest BCUT2D eigenvalue weighted by Gasteiger charge is -2.27. The highest BCUT2D eigenvalue weighted by Crippen LogP contribution is 2.31. The summed E-state index contributed by atoms with van der Waals surface area (Å²) in [6.45, 7) is 8.88. The van der Waals surface area contributed by atoms with Gasteiger partial charge >= 0.3 is 0 Å². The van der Waals surface area contributed by atoms with Crippen LogP contribution in [-0.4, -0.2) is 30.0 Å². The molecule has 1 aromatic rings. The van der Waals surface area contributed by atoms with Crippen molar-refractivity contribution < 1.29 is 4.74 Å². The largest absolute Gasteiger partial charge is 0.383 e. The molecule has 0 fully saturated rings. The lowest BCUT2D eigenvalue weighted by Crippen LogP contribution is -2.30. The fourth-order valence-electron chi connectivity index (χ4n) is 2.50. The van der Waals surface area contributed by atoms with E-state index >= 15 is 0 Å². The van der Waals surface area contributed by atoms with Gasteiger partial charge in [0.2, 0.25) is 0 Å². The molecule has 0 radical (unpaired) electrons. The van der Waals surface area contributed by atoms with Crippen molar-refractivity contribution in [3.8, 4) is 0 Å². The SMILES string of the molecule is CCNC(c1c(Cl)cnn1CCOC)C(CC)CC. The van der Waals surface area contributed by atoms with Crippen molar-refractivity contribution in [3.63, 3.8) is 0 Å². The van der Waals surface area contributed by atoms with Gasteiger partial charge in [0, 0.05) is 7.11 Å². The van der Waals surface area contributed by atoms with Crippen molar-refractivity contribution in [1.82, 2.24) is 15.1 Å². The van der Waals surface area contributed by atoms with Crippen LogP contribution in [0.5, 0.6) is 0 Å². The molecule has 0 aliphatic heterocycles. The topological polar surface area (TPSA) is 39.1 Å². The van der Waals surface area contributed by atoms with Crippen LogP contribution in [0.2, 0.25) is 5.02 Å². The highest BCUT2D eigenvalue weighted by atomic mass is 35.5. The normalized spacial score (nSPS) is 13.2. The number of ether oxygens (including phenoxy) is 1. The first kappa shape index (κ1) is 16.5. The molecule has 0 bridgehead atoms. The Kier molecular flexibility index (Phi) is 7.42. The zero-order valence-electron chi connectivity index (χ0n) is 12.4. The van der Waals surface area contributed by atoms with Gasteiger partial charge in [0.1, 0.15) is 0 Å². The number of halogens is 1. The van der Waals surface area contributed by atoms with E-state index in [9.17, 15) is 0 Å². The van der Waals surface area contributed by atoms with Crippen molar-refractivity contribution in [2.75, 3.05) is 20.3 Å². The molecule has 0 spiro atoms. The third-order valence-electron chi connectivity index (χ3n) is 3.58. The minimum Gasteiger partial charge on any atom is -0.383 e. The zero-order valence-corrected chi connectivity index (χ0v) is 13.2. The number of hydrogen-bond acceptors (Lipinski definition) is 3. The number of nitrogens with zero attached hydrogens (tertiary/aromatic N) is 2. The van der Waals surface area contributed by atoms with Gasteiger partial charge in [0.25, 0.3) is 0 Å². The quantitative estimate of drug-likeness (QED) is 0.758. The smallest absolute Gasteiger partial charge is 0.0834 e. The fraction of sp³-hybridized carbons (Fsp3) is 0.786. The van der Waals surface area contributed by atoms with Crippen LogP contribution in [0.15, 0.2) is 6.20 Å². The van der Waals surface area contributed by atoms with Crippen molar-refractivity contribution in [3.05, 3.63) is 16.9 Å². The fourth-order valence-corrected chi connectivity index (χ4v) is 2.76. The molecule has 1 N–H and O–H groups in total. The molecular weight excluding hydrogens is 262 g/mol. The summed E-state index contributed by atoms with van der Waals surface area (Å²) < 4.78 is 7.11. The van der Waals surface area contributed by atoms with Crippen molar-refractivity contribution in [1.29, 1.82) is 0 Å². The second kappa shape index (κ2) is 8.56. The lowest BCUT2D eigenvalue weighted by molar-refractivity contribution is 0.180. The van der Waals surface area contributed by atoms with Crippen LogP contribution < -0.4 is 5.32 Å². The summed E-state index contributed by atoms with van der Waals surface area (Å²) in [4.78, 5) is 0. The summed E-state index contributed by atoms with van der Waals surface area (Å²) >= 11 is 6.35. The molecule has 0 amide bonds. The van der Waals surface area contributed by atoms with Crippen LogP contribution in [-0.2, 0) is 11.3 Å². The van der Waals surface area contributed by atoms with E-state index in [1.807, 2.05) is 4.68 Å². The highest BCUT2D eigenvalue weighted by molar-refractivity contribution is 6.31. The zero-order chi connectivity index (χ0) is 14.3. The van der Waals surface area contributed by atoms with Crippen LogP contribution in [0.25, 0.3) is 0 Å². The molecule has 0 saturated heterocycles. The van der Waals surface area contributed by atoms with E-state index in [1.54, 1.807) is 13.3 Å². The average molecular weight is 288 g/mol. The number of rotatable bonds is 9. The summed E-state index contributed by atoms with van der Waals surface area (Å²) in [6, 6.07) is 0.256. The molecule has 1 atom stereocenters. The molecule has 19 heavy (non-hydrogen) atoms. The Hall–Kier alpha value is -0.580. The van der Waals surface area contributed by atoms with Crippen molar-refractivity contribution >= 4 is 11.6 Å². The molecule has 4 nitrogen and oxygen atoms in total. The van der Waals surface area contributed by atoms with Gasteiger partial charge in [-0.1, -0.05) is 45.2 Å². The van der Waals surface area contributed by atoms with Gasteiger partial charge in [0.15, 0.2) is 0 Å². The third kappa shape index (κ3) is 4.20. The summed E-state index contributed by atoms with van der Waals surface area (Å²) in [6.07, 6.45) is 3.99. The Morgan fingerprint density at radius 3 is 2.58 bits per heavy atom. The average Bonchev–Trinajstić information content (AvgIpc) is 2.77. The van der Waals surface area contributed by atoms with E-state index in [0.29, 0.717) is 12.5 Å². The minimum absolute atomic E-state index is 0.256. The Balaban J connectivity index is 3.02. The van der Waals surface area contributed by atoms with Crippen molar-refractivity contribution in [2.45, 2.75) is 46.2 Å². The lowest BCUT2D eigenvalue weighted by atomic mass is 9.91. The minimum atomic E-state index is 0.256. The third-order valence-corrected chi connectivity index (χ3v) is 3.87. The monoisotopic (exact) mass is 287 g/mol. The van der Waals surface area contributed by atoms with Crippen LogP contribution in [0, 0.1) is 5.92 Å². The predicted molar refractivity (Wildman–Crippen MR) is 79.6 cm³/mol. The maximum absolute atomic E-state index is 6.35. The molecule has 5 heteroatoms.